The fourth-order valence-corrected chi connectivity index (χ4v) is 2.89. The number of anilines is 1. The Labute approximate surface area is 116 Å². The zero-order chi connectivity index (χ0) is 13.3. The topological polar surface area (TPSA) is 29.5 Å². The Morgan fingerprint density at radius 1 is 1.50 bits per heavy atom. The molecule has 0 aromatic heterocycles. The highest BCUT2D eigenvalue weighted by Crippen LogP contribution is 2.28. The number of carbonyl (C=O) groups is 1. The molecule has 0 N–H and O–H groups in total. The van der Waals surface area contributed by atoms with E-state index in [1.165, 1.54) is 0 Å². The molecule has 98 valence electrons. The van der Waals surface area contributed by atoms with Crippen molar-refractivity contribution in [1.82, 2.24) is 0 Å². The van der Waals surface area contributed by atoms with Crippen LogP contribution >= 0.6 is 15.9 Å². The number of aryl methyl sites for hydroxylation is 1. The Balaban J connectivity index is 2.20. The van der Waals surface area contributed by atoms with Crippen LogP contribution in [-0.4, -0.2) is 25.7 Å². The van der Waals surface area contributed by atoms with Gasteiger partial charge in [0.15, 0.2) is 0 Å². The molecule has 1 amide bonds. The maximum Gasteiger partial charge on any atom is 0.232 e. The van der Waals surface area contributed by atoms with Crippen molar-refractivity contribution >= 4 is 27.5 Å². The summed E-state index contributed by atoms with van der Waals surface area (Å²) in [6.45, 7) is 4.67. The SMILES string of the molecule is Cc1cc(Br)ccc1N(C)C(=O)C1CCOC1C. The molecule has 3 nitrogen and oxygen atoms in total. The quantitative estimate of drug-likeness (QED) is 0.839. The zero-order valence-electron chi connectivity index (χ0n) is 10.9. The summed E-state index contributed by atoms with van der Waals surface area (Å²) in [6.07, 6.45) is 0.843. The number of nitrogens with zero attached hydrogens (tertiary/aromatic N) is 1. The largest absolute Gasteiger partial charge is 0.378 e. The highest BCUT2D eigenvalue weighted by atomic mass is 79.9. The number of amides is 1. The van der Waals surface area contributed by atoms with Gasteiger partial charge in [0, 0.05) is 23.8 Å². The van der Waals surface area contributed by atoms with Gasteiger partial charge in [-0.1, -0.05) is 15.9 Å². The minimum atomic E-state index is -0.0157. The molecular formula is C14H18BrNO2. The fraction of sp³-hybridized carbons (Fsp3) is 0.500. The van der Waals surface area contributed by atoms with Crippen LogP contribution in [0.4, 0.5) is 5.69 Å². The van der Waals surface area contributed by atoms with E-state index in [0.717, 1.165) is 22.1 Å². The first-order valence-corrected chi connectivity index (χ1v) is 6.95. The van der Waals surface area contributed by atoms with Gasteiger partial charge < -0.3 is 9.64 Å². The summed E-state index contributed by atoms with van der Waals surface area (Å²) in [5.74, 6) is 0.128. The maximum absolute atomic E-state index is 12.4. The summed E-state index contributed by atoms with van der Waals surface area (Å²) < 4.78 is 6.50. The van der Waals surface area contributed by atoms with Crippen molar-refractivity contribution in [1.29, 1.82) is 0 Å². The van der Waals surface area contributed by atoms with Crippen LogP contribution in [0.5, 0.6) is 0 Å². The maximum atomic E-state index is 12.4. The van der Waals surface area contributed by atoms with Gasteiger partial charge in [0.1, 0.15) is 0 Å². The highest BCUT2D eigenvalue weighted by Gasteiger charge is 2.33. The minimum Gasteiger partial charge on any atom is -0.378 e. The molecule has 2 atom stereocenters. The third-order valence-corrected chi connectivity index (χ3v) is 4.04. The molecule has 18 heavy (non-hydrogen) atoms. The standard InChI is InChI=1S/C14H18BrNO2/c1-9-8-11(15)4-5-13(9)16(3)14(17)12-6-7-18-10(12)2/h4-5,8,10,12H,6-7H2,1-3H3. The lowest BCUT2D eigenvalue weighted by atomic mass is 10.0. The Hall–Kier alpha value is -0.870. The molecule has 1 aromatic carbocycles. The molecular weight excluding hydrogens is 294 g/mol. The van der Waals surface area contributed by atoms with Crippen LogP contribution in [0.2, 0.25) is 0 Å². The minimum absolute atomic E-state index is 0.0157. The van der Waals surface area contributed by atoms with Crippen LogP contribution in [-0.2, 0) is 9.53 Å². The second-order valence-electron chi connectivity index (χ2n) is 4.80. The lowest BCUT2D eigenvalue weighted by Crippen LogP contribution is -2.36. The monoisotopic (exact) mass is 311 g/mol. The van der Waals surface area contributed by atoms with Gasteiger partial charge in [-0.3, -0.25) is 4.79 Å². The van der Waals surface area contributed by atoms with Crippen LogP contribution in [0, 0.1) is 12.8 Å². The number of rotatable bonds is 2. The van der Waals surface area contributed by atoms with Gasteiger partial charge in [0.25, 0.3) is 0 Å². The summed E-state index contributed by atoms with van der Waals surface area (Å²) in [6, 6.07) is 5.95. The summed E-state index contributed by atoms with van der Waals surface area (Å²) >= 11 is 3.43. The number of hydrogen-bond acceptors (Lipinski definition) is 2. The number of carbonyl (C=O) groups excluding carboxylic acids is 1. The molecule has 2 unspecified atom stereocenters. The molecule has 1 saturated heterocycles. The van der Waals surface area contributed by atoms with Crippen molar-refractivity contribution in [3.8, 4) is 0 Å². The van der Waals surface area contributed by atoms with E-state index in [9.17, 15) is 4.79 Å². The molecule has 2 rings (SSSR count). The van der Waals surface area contributed by atoms with E-state index in [-0.39, 0.29) is 17.9 Å². The second-order valence-corrected chi connectivity index (χ2v) is 5.71. The first kappa shape index (κ1) is 13.6. The normalized spacial score (nSPS) is 23.1. The van der Waals surface area contributed by atoms with E-state index in [0.29, 0.717) is 6.61 Å². The van der Waals surface area contributed by atoms with Crippen LogP contribution < -0.4 is 4.90 Å². The van der Waals surface area contributed by atoms with E-state index in [1.807, 2.05) is 39.1 Å². The molecule has 1 aliphatic rings. The molecule has 1 heterocycles. The predicted molar refractivity (Wildman–Crippen MR) is 75.8 cm³/mol. The van der Waals surface area contributed by atoms with Crippen LogP contribution in [0.1, 0.15) is 18.9 Å². The lowest BCUT2D eigenvalue weighted by Gasteiger charge is -2.24. The van der Waals surface area contributed by atoms with Crippen molar-refractivity contribution in [3.05, 3.63) is 28.2 Å². The molecule has 1 fully saturated rings. The van der Waals surface area contributed by atoms with Gasteiger partial charge in [-0.25, -0.2) is 0 Å². The van der Waals surface area contributed by atoms with E-state index >= 15 is 0 Å². The van der Waals surface area contributed by atoms with Crippen LogP contribution in [0.3, 0.4) is 0 Å². The number of ether oxygens (including phenoxy) is 1. The summed E-state index contributed by atoms with van der Waals surface area (Å²) in [5, 5.41) is 0. The van der Waals surface area contributed by atoms with Crippen molar-refractivity contribution in [2.45, 2.75) is 26.4 Å². The molecule has 0 spiro atoms. The van der Waals surface area contributed by atoms with Gasteiger partial charge in [-0.15, -0.1) is 0 Å². The molecule has 0 bridgehead atoms. The third kappa shape index (κ3) is 2.59. The Bertz CT molecular complexity index is 461. The fourth-order valence-electron chi connectivity index (χ4n) is 2.42. The number of benzene rings is 1. The average molecular weight is 312 g/mol. The summed E-state index contributed by atoms with van der Waals surface area (Å²) in [4.78, 5) is 14.2. The molecule has 1 aromatic rings. The van der Waals surface area contributed by atoms with Crippen molar-refractivity contribution in [2.24, 2.45) is 5.92 Å². The molecule has 0 radical (unpaired) electrons. The molecule has 0 saturated carbocycles. The lowest BCUT2D eigenvalue weighted by molar-refractivity contribution is -0.123. The second kappa shape index (κ2) is 5.41. The first-order valence-electron chi connectivity index (χ1n) is 6.16. The van der Waals surface area contributed by atoms with Crippen molar-refractivity contribution in [2.75, 3.05) is 18.6 Å². The van der Waals surface area contributed by atoms with E-state index in [1.54, 1.807) is 4.90 Å². The summed E-state index contributed by atoms with van der Waals surface area (Å²) in [7, 11) is 1.84. The van der Waals surface area contributed by atoms with Gasteiger partial charge in [0.2, 0.25) is 5.91 Å². The number of halogens is 1. The number of hydrogen-bond donors (Lipinski definition) is 0. The van der Waals surface area contributed by atoms with Crippen molar-refractivity contribution in [3.63, 3.8) is 0 Å². The van der Waals surface area contributed by atoms with Crippen LogP contribution in [0.15, 0.2) is 22.7 Å². The smallest absolute Gasteiger partial charge is 0.232 e. The molecule has 1 aliphatic heterocycles. The van der Waals surface area contributed by atoms with Crippen LogP contribution in [0.25, 0.3) is 0 Å². The summed E-state index contributed by atoms with van der Waals surface area (Å²) in [5.41, 5.74) is 2.05. The average Bonchev–Trinajstić information content (AvgIpc) is 2.74. The van der Waals surface area contributed by atoms with Gasteiger partial charge in [0.05, 0.1) is 12.0 Å². The van der Waals surface area contributed by atoms with Gasteiger partial charge in [-0.2, -0.15) is 0 Å². The Kier molecular flexibility index (Phi) is 4.07. The van der Waals surface area contributed by atoms with Gasteiger partial charge >= 0.3 is 0 Å². The van der Waals surface area contributed by atoms with E-state index < -0.39 is 0 Å². The molecule has 0 aliphatic carbocycles. The van der Waals surface area contributed by atoms with E-state index in [2.05, 4.69) is 15.9 Å². The predicted octanol–water partition coefficient (Wildman–Crippen LogP) is 3.15. The molecule has 4 heteroatoms. The Morgan fingerprint density at radius 2 is 2.22 bits per heavy atom. The third-order valence-electron chi connectivity index (χ3n) is 3.54. The Morgan fingerprint density at radius 3 is 2.78 bits per heavy atom. The first-order chi connectivity index (χ1) is 8.50. The van der Waals surface area contributed by atoms with Crippen molar-refractivity contribution < 1.29 is 9.53 Å². The zero-order valence-corrected chi connectivity index (χ0v) is 12.5. The van der Waals surface area contributed by atoms with Gasteiger partial charge in [-0.05, 0) is 44.0 Å². The van der Waals surface area contributed by atoms with E-state index in [4.69, 9.17) is 4.74 Å². The highest BCUT2D eigenvalue weighted by molar-refractivity contribution is 9.10.